The van der Waals surface area contributed by atoms with Gasteiger partial charge in [-0.3, -0.25) is 9.20 Å². The topological polar surface area (TPSA) is 52.8 Å². The molecular formula is C24H17F3N2O3. The van der Waals surface area contributed by atoms with Crippen LogP contribution in [0.2, 0.25) is 0 Å². The first-order valence-corrected chi connectivity index (χ1v) is 9.54. The third-order valence-electron chi connectivity index (χ3n) is 4.68. The summed E-state index contributed by atoms with van der Waals surface area (Å²) in [6, 6.07) is 17.7. The van der Waals surface area contributed by atoms with Crippen LogP contribution >= 0.6 is 0 Å². The summed E-state index contributed by atoms with van der Waals surface area (Å²) in [5.41, 5.74) is 1.44. The Bertz CT molecular complexity index is 1360. The fourth-order valence-electron chi connectivity index (χ4n) is 3.32. The summed E-state index contributed by atoms with van der Waals surface area (Å²) in [5, 5.41) is 0. The molecule has 0 amide bonds. The van der Waals surface area contributed by atoms with E-state index in [4.69, 9.17) is 4.74 Å². The number of ether oxygens (including phenoxy) is 2. The van der Waals surface area contributed by atoms with E-state index in [0.717, 1.165) is 5.56 Å². The molecule has 0 aliphatic heterocycles. The predicted molar refractivity (Wildman–Crippen MR) is 116 cm³/mol. The van der Waals surface area contributed by atoms with Crippen molar-refractivity contribution in [3.8, 4) is 22.6 Å². The minimum Gasteiger partial charge on any atom is -0.496 e. The van der Waals surface area contributed by atoms with Gasteiger partial charge in [0.05, 0.1) is 18.4 Å². The fraction of sp³-hybridized carbons (Fsp3) is 0.0833. The van der Waals surface area contributed by atoms with Crippen molar-refractivity contribution in [3.63, 3.8) is 0 Å². The average molecular weight is 438 g/mol. The fourth-order valence-corrected chi connectivity index (χ4v) is 3.32. The predicted octanol–water partition coefficient (Wildman–Crippen LogP) is 5.44. The van der Waals surface area contributed by atoms with Gasteiger partial charge in [0.1, 0.15) is 17.1 Å². The summed E-state index contributed by atoms with van der Waals surface area (Å²) in [7, 11) is 1.55. The third kappa shape index (κ3) is 4.49. The van der Waals surface area contributed by atoms with Crippen LogP contribution in [0.1, 0.15) is 11.3 Å². The lowest BCUT2D eigenvalue weighted by Gasteiger charge is -2.12. The molecule has 4 aromatic rings. The number of halogens is 3. The Kier molecular flexibility index (Phi) is 5.68. The van der Waals surface area contributed by atoms with Gasteiger partial charge in [-0.05, 0) is 48.0 Å². The second-order valence-electron chi connectivity index (χ2n) is 6.76. The number of hydrogen-bond acceptors (Lipinski definition) is 4. The molecule has 0 spiro atoms. The van der Waals surface area contributed by atoms with Crippen LogP contribution in [0.5, 0.6) is 11.5 Å². The van der Waals surface area contributed by atoms with Gasteiger partial charge in [0.2, 0.25) is 0 Å². The van der Waals surface area contributed by atoms with Crippen molar-refractivity contribution in [3.05, 3.63) is 94.5 Å². The van der Waals surface area contributed by atoms with Gasteiger partial charge in [-0.25, -0.2) is 4.98 Å². The minimum absolute atomic E-state index is 0.146. The highest BCUT2D eigenvalue weighted by Crippen LogP contribution is 2.29. The molecule has 2 aromatic heterocycles. The standard InChI is InChI=1S/C24H17F3N2O3/c1-31-20-10-3-2-7-16(20)12-13-19-22(23(30)29-14-5-4-11-21(29)28-19)17-8-6-9-18(15-17)32-24(25,26)27/h2-15H,1H3. The van der Waals surface area contributed by atoms with Crippen LogP contribution in [0.25, 0.3) is 28.9 Å². The van der Waals surface area contributed by atoms with E-state index in [9.17, 15) is 18.0 Å². The van der Waals surface area contributed by atoms with Crippen molar-refractivity contribution >= 4 is 17.8 Å². The average Bonchev–Trinajstić information content (AvgIpc) is 2.77. The zero-order valence-electron chi connectivity index (χ0n) is 16.8. The highest BCUT2D eigenvalue weighted by atomic mass is 19.4. The molecule has 0 aliphatic rings. The summed E-state index contributed by atoms with van der Waals surface area (Å²) in [6.45, 7) is 0. The van der Waals surface area contributed by atoms with Gasteiger partial charge >= 0.3 is 6.36 Å². The van der Waals surface area contributed by atoms with Gasteiger partial charge in [0.15, 0.2) is 0 Å². The van der Waals surface area contributed by atoms with Crippen molar-refractivity contribution in [2.75, 3.05) is 7.11 Å². The second-order valence-corrected chi connectivity index (χ2v) is 6.76. The number of aromatic nitrogens is 2. The maximum atomic E-state index is 13.3. The second kappa shape index (κ2) is 8.58. The summed E-state index contributed by atoms with van der Waals surface area (Å²) in [5.74, 6) is 0.204. The van der Waals surface area contributed by atoms with Crippen LogP contribution in [-0.4, -0.2) is 22.9 Å². The molecule has 0 aliphatic carbocycles. The van der Waals surface area contributed by atoms with Gasteiger partial charge in [-0.15, -0.1) is 13.2 Å². The first-order chi connectivity index (χ1) is 15.4. The van der Waals surface area contributed by atoms with E-state index < -0.39 is 17.7 Å². The van der Waals surface area contributed by atoms with Gasteiger partial charge in [-0.1, -0.05) is 36.4 Å². The molecule has 0 bridgehead atoms. The van der Waals surface area contributed by atoms with E-state index >= 15 is 0 Å². The van der Waals surface area contributed by atoms with Crippen LogP contribution in [0, 0.1) is 0 Å². The number of alkyl halides is 3. The van der Waals surface area contributed by atoms with Gasteiger partial charge in [0, 0.05) is 11.8 Å². The SMILES string of the molecule is COc1ccccc1C=Cc1nc2ccccn2c(=O)c1-c1cccc(OC(F)(F)F)c1. The first kappa shape index (κ1) is 21.2. The van der Waals surface area contributed by atoms with Gasteiger partial charge in [0.25, 0.3) is 5.56 Å². The lowest BCUT2D eigenvalue weighted by atomic mass is 10.0. The number of nitrogens with zero attached hydrogens (tertiary/aromatic N) is 2. The number of pyridine rings is 1. The van der Waals surface area contributed by atoms with E-state index in [-0.39, 0.29) is 11.1 Å². The Morgan fingerprint density at radius 3 is 2.53 bits per heavy atom. The lowest BCUT2D eigenvalue weighted by molar-refractivity contribution is -0.274. The van der Waals surface area contributed by atoms with Crippen molar-refractivity contribution in [1.29, 1.82) is 0 Å². The molecule has 4 rings (SSSR count). The van der Waals surface area contributed by atoms with E-state index in [2.05, 4.69) is 9.72 Å². The molecule has 0 atom stereocenters. The van der Waals surface area contributed by atoms with Gasteiger partial charge < -0.3 is 9.47 Å². The van der Waals surface area contributed by atoms with Crippen LogP contribution in [0.15, 0.2) is 77.7 Å². The molecular weight excluding hydrogens is 421 g/mol. The van der Waals surface area contributed by atoms with Crippen molar-refractivity contribution < 1.29 is 22.6 Å². The highest BCUT2D eigenvalue weighted by Gasteiger charge is 2.31. The zero-order chi connectivity index (χ0) is 22.7. The summed E-state index contributed by atoms with van der Waals surface area (Å²) >= 11 is 0. The molecule has 0 radical (unpaired) electrons. The lowest BCUT2D eigenvalue weighted by Crippen LogP contribution is -2.19. The van der Waals surface area contributed by atoms with E-state index in [1.807, 2.05) is 18.2 Å². The number of benzene rings is 2. The molecule has 0 N–H and O–H groups in total. The smallest absolute Gasteiger partial charge is 0.496 e. The Morgan fingerprint density at radius 1 is 0.969 bits per heavy atom. The molecule has 2 heterocycles. The molecule has 0 saturated heterocycles. The number of fused-ring (bicyclic) bond motifs is 1. The number of para-hydroxylation sites is 1. The number of hydrogen-bond donors (Lipinski definition) is 0. The monoisotopic (exact) mass is 438 g/mol. The highest BCUT2D eigenvalue weighted by molar-refractivity contribution is 5.81. The minimum atomic E-state index is -4.85. The summed E-state index contributed by atoms with van der Waals surface area (Å²) in [4.78, 5) is 17.8. The summed E-state index contributed by atoms with van der Waals surface area (Å²) < 4.78 is 48.8. The number of methoxy groups -OCH3 is 1. The van der Waals surface area contributed by atoms with Crippen LogP contribution in [-0.2, 0) is 0 Å². The Hall–Kier alpha value is -4.07. The van der Waals surface area contributed by atoms with Crippen LogP contribution in [0.3, 0.4) is 0 Å². The number of rotatable bonds is 5. The normalized spacial score (nSPS) is 11.8. The molecule has 8 heteroatoms. The van der Waals surface area contributed by atoms with Crippen LogP contribution < -0.4 is 15.0 Å². The Balaban J connectivity index is 1.90. The Morgan fingerprint density at radius 2 is 1.75 bits per heavy atom. The molecule has 0 fully saturated rings. The van der Waals surface area contributed by atoms with Crippen molar-refractivity contribution in [2.45, 2.75) is 6.36 Å². The maximum absolute atomic E-state index is 13.3. The van der Waals surface area contributed by atoms with E-state index in [0.29, 0.717) is 17.1 Å². The molecule has 32 heavy (non-hydrogen) atoms. The van der Waals surface area contributed by atoms with Gasteiger partial charge in [-0.2, -0.15) is 0 Å². The quantitative estimate of drug-likeness (QED) is 0.417. The molecule has 5 nitrogen and oxygen atoms in total. The van der Waals surface area contributed by atoms with E-state index in [1.165, 1.54) is 28.7 Å². The molecule has 162 valence electrons. The molecule has 0 unspecified atom stereocenters. The zero-order valence-corrected chi connectivity index (χ0v) is 16.8. The molecule has 2 aromatic carbocycles. The molecule has 0 saturated carbocycles. The van der Waals surface area contributed by atoms with E-state index in [1.54, 1.807) is 49.7 Å². The van der Waals surface area contributed by atoms with Crippen LogP contribution in [0.4, 0.5) is 13.2 Å². The van der Waals surface area contributed by atoms with Crippen molar-refractivity contribution in [2.24, 2.45) is 0 Å². The Labute approximate surface area is 181 Å². The van der Waals surface area contributed by atoms with Crippen molar-refractivity contribution in [1.82, 2.24) is 9.38 Å². The third-order valence-corrected chi connectivity index (χ3v) is 4.68. The largest absolute Gasteiger partial charge is 0.573 e. The summed E-state index contributed by atoms with van der Waals surface area (Å²) in [6.07, 6.45) is 0.0817. The first-order valence-electron chi connectivity index (χ1n) is 9.54. The maximum Gasteiger partial charge on any atom is 0.573 e.